The summed E-state index contributed by atoms with van der Waals surface area (Å²) in [6.07, 6.45) is 1.29. The Morgan fingerprint density at radius 2 is 2.50 bits per heavy atom. The first-order chi connectivity index (χ1) is 5.74. The van der Waals surface area contributed by atoms with E-state index < -0.39 is 0 Å². The van der Waals surface area contributed by atoms with Gasteiger partial charge in [0.25, 0.3) is 0 Å². The average molecular weight is 184 g/mol. The molecule has 68 valence electrons. The molecule has 12 heavy (non-hydrogen) atoms. The van der Waals surface area contributed by atoms with Crippen molar-refractivity contribution in [3.8, 4) is 6.07 Å². The van der Waals surface area contributed by atoms with Crippen LogP contribution in [0.1, 0.15) is 13.3 Å². The van der Waals surface area contributed by atoms with Crippen LogP contribution in [0.2, 0.25) is 0 Å². The van der Waals surface area contributed by atoms with E-state index in [4.69, 9.17) is 5.26 Å². The van der Waals surface area contributed by atoms with Crippen LogP contribution in [0.4, 0.5) is 0 Å². The highest BCUT2D eigenvalue weighted by molar-refractivity contribution is 7.99. The molecule has 1 fully saturated rings. The van der Waals surface area contributed by atoms with Crippen molar-refractivity contribution < 1.29 is 0 Å². The Morgan fingerprint density at radius 1 is 1.75 bits per heavy atom. The normalized spacial score (nSPS) is 25.7. The Balaban J connectivity index is 2.27. The molecule has 0 aromatic heterocycles. The number of hydrogen-bond acceptors (Lipinski definition) is 3. The van der Waals surface area contributed by atoms with E-state index in [2.05, 4.69) is 18.0 Å². The fraction of sp³-hybridized carbons (Fsp3) is 0.889. The summed E-state index contributed by atoms with van der Waals surface area (Å²) >= 11 is 2.02. The number of nitriles is 1. The average Bonchev–Trinajstić information content (AvgIpc) is 2.56. The van der Waals surface area contributed by atoms with Crippen LogP contribution in [-0.2, 0) is 0 Å². The molecular weight excluding hydrogens is 168 g/mol. The molecule has 3 heteroatoms. The van der Waals surface area contributed by atoms with Gasteiger partial charge in [-0.3, -0.25) is 0 Å². The van der Waals surface area contributed by atoms with E-state index in [9.17, 15) is 0 Å². The molecule has 2 unspecified atom stereocenters. The van der Waals surface area contributed by atoms with Crippen molar-refractivity contribution in [1.82, 2.24) is 4.90 Å². The molecule has 0 aliphatic carbocycles. The molecule has 1 rings (SSSR count). The van der Waals surface area contributed by atoms with Gasteiger partial charge in [-0.2, -0.15) is 17.0 Å². The topological polar surface area (TPSA) is 27.0 Å². The van der Waals surface area contributed by atoms with E-state index in [1.807, 2.05) is 18.7 Å². The molecular formula is C9H16N2S. The van der Waals surface area contributed by atoms with Crippen LogP contribution in [0.5, 0.6) is 0 Å². The van der Waals surface area contributed by atoms with Crippen LogP contribution in [0.15, 0.2) is 0 Å². The second-order valence-corrected chi connectivity index (χ2v) is 4.64. The van der Waals surface area contributed by atoms with Crippen molar-refractivity contribution in [2.24, 2.45) is 5.92 Å². The van der Waals surface area contributed by atoms with Gasteiger partial charge in [-0.1, -0.05) is 0 Å². The summed E-state index contributed by atoms with van der Waals surface area (Å²) in [5.74, 6) is 2.70. The highest BCUT2D eigenvalue weighted by Crippen LogP contribution is 2.21. The monoisotopic (exact) mass is 184 g/mol. The fourth-order valence-corrected chi connectivity index (χ4v) is 2.79. The first-order valence-electron chi connectivity index (χ1n) is 4.41. The fourth-order valence-electron chi connectivity index (χ4n) is 1.49. The lowest BCUT2D eigenvalue weighted by Crippen LogP contribution is -2.34. The molecule has 0 amide bonds. The first-order valence-corrected chi connectivity index (χ1v) is 5.57. The predicted molar refractivity (Wildman–Crippen MR) is 53.1 cm³/mol. The van der Waals surface area contributed by atoms with Gasteiger partial charge in [0.05, 0.1) is 12.0 Å². The molecule has 1 aliphatic rings. The Labute approximate surface area is 78.9 Å². The summed E-state index contributed by atoms with van der Waals surface area (Å²) < 4.78 is 0. The van der Waals surface area contributed by atoms with Gasteiger partial charge in [0, 0.05) is 18.3 Å². The van der Waals surface area contributed by atoms with Crippen LogP contribution in [0.25, 0.3) is 0 Å². The SMILES string of the molecule is CC(C#N)CN(C)C1CCSC1. The first kappa shape index (κ1) is 9.88. The van der Waals surface area contributed by atoms with Crippen LogP contribution >= 0.6 is 11.8 Å². The smallest absolute Gasteiger partial charge is 0.0666 e. The van der Waals surface area contributed by atoms with Crippen molar-refractivity contribution in [2.75, 3.05) is 25.1 Å². The molecule has 0 radical (unpaired) electrons. The van der Waals surface area contributed by atoms with Crippen molar-refractivity contribution >= 4 is 11.8 Å². The minimum absolute atomic E-state index is 0.167. The second-order valence-electron chi connectivity index (χ2n) is 3.49. The number of rotatable bonds is 3. The maximum Gasteiger partial charge on any atom is 0.0666 e. The summed E-state index contributed by atoms with van der Waals surface area (Å²) in [5, 5.41) is 8.64. The van der Waals surface area contributed by atoms with Gasteiger partial charge in [0.2, 0.25) is 0 Å². The van der Waals surface area contributed by atoms with Crippen LogP contribution in [0, 0.1) is 17.2 Å². The minimum atomic E-state index is 0.167. The third kappa shape index (κ3) is 2.69. The molecule has 0 aromatic carbocycles. The zero-order chi connectivity index (χ0) is 8.97. The highest BCUT2D eigenvalue weighted by Gasteiger charge is 2.20. The quantitative estimate of drug-likeness (QED) is 0.666. The van der Waals surface area contributed by atoms with Gasteiger partial charge in [-0.05, 0) is 26.1 Å². The third-order valence-corrected chi connectivity index (χ3v) is 3.46. The molecule has 0 bridgehead atoms. The lowest BCUT2D eigenvalue weighted by atomic mass is 10.1. The molecule has 0 N–H and O–H groups in total. The van der Waals surface area contributed by atoms with E-state index in [1.165, 1.54) is 17.9 Å². The molecule has 1 saturated heterocycles. The molecule has 0 aromatic rings. The minimum Gasteiger partial charge on any atom is -0.301 e. The molecule has 0 spiro atoms. The van der Waals surface area contributed by atoms with Crippen molar-refractivity contribution in [3.63, 3.8) is 0 Å². The summed E-state index contributed by atoms with van der Waals surface area (Å²) in [5.41, 5.74) is 0. The van der Waals surface area contributed by atoms with E-state index in [0.29, 0.717) is 6.04 Å². The summed E-state index contributed by atoms with van der Waals surface area (Å²) in [6.45, 7) is 2.90. The molecule has 1 heterocycles. The van der Waals surface area contributed by atoms with E-state index in [-0.39, 0.29) is 5.92 Å². The van der Waals surface area contributed by atoms with E-state index >= 15 is 0 Å². The summed E-state index contributed by atoms with van der Waals surface area (Å²) in [4.78, 5) is 2.33. The molecule has 2 atom stereocenters. The van der Waals surface area contributed by atoms with Crippen molar-refractivity contribution in [1.29, 1.82) is 5.26 Å². The summed E-state index contributed by atoms with van der Waals surface area (Å²) in [7, 11) is 2.13. The largest absolute Gasteiger partial charge is 0.301 e. The van der Waals surface area contributed by atoms with E-state index in [0.717, 1.165) is 6.54 Å². The zero-order valence-electron chi connectivity index (χ0n) is 7.79. The van der Waals surface area contributed by atoms with Gasteiger partial charge >= 0.3 is 0 Å². The Hall–Kier alpha value is -0.200. The Morgan fingerprint density at radius 3 is 3.00 bits per heavy atom. The predicted octanol–water partition coefficient (Wildman–Crippen LogP) is 1.58. The molecule has 1 aliphatic heterocycles. The van der Waals surface area contributed by atoms with Crippen LogP contribution in [-0.4, -0.2) is 36.0 Å². The lowest BCUT2D eigenvalue weighted by Gasteiger charge is -2.24. The number of hydrogen-bond donors (Lipinski definition) is 0. The van der Waals surface area contributed by atoms with Gasteiger partial charge < -0.3 is 4.90 Å². The molecule has 2 nitrogen and oxygen atoms in total. The van der Waals surface area contributed by atoms with E-state index in [1.54, 1.807) is 0 Å². The lowest BCUT2D eigenvalue weighted by molar-refractivity contribution is 0.245. The van der Waals surface area contributed by atoms with Crippen LogP contribution < -0.4 is 0 Å². The van der Waals surface area contributed by atoms with Crippen molar-refractivity contribution in [3.05, 3.63) is 0 Å². The highest BCUT2D eigenvalue weighted by atomic mass is 32.2. The Bertz CT molecular complexity index is 170. The zero-order valence-corrected chi connectivity index (χ0v) is 8.60. The Kier molecular flexibility index (Phi) is 3.90. The van der Waals surface area contributed by atoms with Crippen molar-refractivity contribution in [2.45, 2.75) is 19.4 Å². The van der Waals surface area contributed by atoms with Gasteiger partial charge in [-0.15, -0.1) is 0 Å². The summed E-state index contributed by atoms with van der Waals surface area (Å²) in [6, 6.07) is 2.98. The maximum absolute atomic E-state index is 8.64. The van der Waals surface area contributed by atoms with Gasteiger partial charge in [0.15, 0.2) is 0 Å². The van der Waals surface area contributed by atoms with Crippen LogP contribution in [0.3, 0.4) is 0 Å². The maximum atomic E-state index is 8.64. The molecule has 0 saturated carbocycles. The van der Waals surface area contributed by atoms with Gasteiger partial charge in [-0.25, -0.2) is 0 Å². The third-order valence-electron chi connectivity index (χ3n) is 2.31. The number of nitrogens with zero attached hydrogens (tertiary/aromatic N) is 2. The van der Waals surface area contributed by atoms with Gasteiger partial charge in [0.1, 0.15) is 0 Å². The second kappa shape index (κ2) is 4.74. The number of thioether (sulfide) groups is 1. The standard InChI is InChI=1S/C9H16N2S/c1-8(5-10)6-11(2)9-3-4-12-7-9/h8-9H,3-4,6-7H2,1-2H3.